The quantitative estimate of drug-likeness (QED) is 0.568. The SMILES string of the molecule is CCC(S)Oc1c(S)cc(C)cc1-c1cn2cncnc2n1. The van der Waals surface area contributed by atoms with Gasteiger partial charge in [-0.3, -0.25) is 4.40 Å². The van der Waals surface area contributed by atoms with Gasteiger partial charge in [0.2, 0.25) is 5.78 Å². The van der Waals surface area contributed by atoms with E-state index in [0.29, 0.717) is 11.5 Å². The van der Waals surface area contributed by atoms with E-state index in [1.165, 1.54) is 6.33 Å². The Bertz CT molecular complexity index is 785. The van der Waals surface area contributed by atoms with Gasteiger partial charge >= 0.3 is 0 Å². The zero-order chi connectivity index (χ0) is 15.7. The lowest BCUT2D eigenvalue weighted by molar-refractivity contribution is 0.280. The smallest absolute Gasteiger partial charge is 0.237 e. The summed E-state index contributed by atoms with van der Waals surface area (Å²) in [5, 5.41) is 0. The molecule has 0 radical (unpaired) electrons. The van der Waals surface area contributed by atoms with Crippen LogP contribution in [0.2, 0.25) is 0 Å². The van der Waals surface area contributed by atoms with Crippen molar-refractivity contribution in [2.24, 2.45) is 0 Å². The zero-order valence-electron chi connectivity index (χ0n) is 12.3. The van der Waals surface area contributed by atoms with Gasteiger partial charge in [-0.05, 0) is 31.0 Å². The predicted octanol–water partition coefficient (Wildman–Crippen LogP) is 3.43. The van der Waals surface area contributed by atoms with Crippen molar-refractivity contribution in [1.82, 2.24) is 19.4 Å². The second-order valence-electron chi connectivity index (χ2n) is 4.98. The van der Waals surface area contributed by atoms with E-state index in [4.69, 9.17) is 4.74 Å². The molecule has 7 heteroatoms. The molecule has 3 aromatic rings. The molecule has 0 amide bonds. The number of hydrogen-bond donors (Lipinski definition) is 2. The van der Waals surface area contributed by atoms with Crippen LogP contribution in [-0.4, -0.2) is 24.8 Å². The van der Waals surface area contributed by atoms with Gasteiger partial charge in [0.05, 0.1) is 5.69 Å². The van der Waals surface area contributed by atoms with E-state index in [-0.39, 0.29) is 5.44 Å². The topological polar surface area (TPSA) is 52.3 Å². The molecule has 5 nitrogen and oxygen atoms in total. The van der Waals surface area contributed by atoms with Gasteiger partial charge in [0.1, 0.15) is 23.8 Å². The van der Waals surface area contributed by atoms with Crippen molar-refractivity contribution < 1.29 is 4.74 Å². The predicted molar refractivity (Wildman–Crippen MR) is 91.9 cm³/mol. The lowest BCUT2D eigenvalue weighted by Gasteiger charge is -2.17. The minimum atomic E-state index is -0.191. The first-order valence-corrected chi connectivity index (χ1v) is 7.88. The van der Waals surface area contributed by atoms with Gasteiger partial charge in [-0.1, -0.05) is 6.92 Å². The number of aryl methyl sites for hydroxylation is 1. The summed E-state index contributed by atoms with van der Waals surface area (Å²) in [6.45, 7) is 4.03. The van der Waals surface area contributed by atoms with Crippen LogP contribution in [0.3, 0.4) is 0 Å². The van der Waals surface area contributed by atoms with Crippen molar-refractivity contribution in [3.05, 3.63) is 36.5 Å². The molecular formula is C15H16N4OS2. The highest BCUT2D eigenvalue weighted by molar-refractivity contribution is 7.81. The molecule has 0 saturated heterocycles. The molecule has 0 bridgehead atoms. The molecule has 1 atom stereocenters. The molecule has 1 aromatic carbocycles. The minimum absolute atomic E-state index is 0.191. The minimum Gasteiger partial charge on any atom is -0.478 e. The summed E-state index contributed by atoms with van der Waals surface area (Å²) in [4.78, 5) is 13.4. The van der Waals surface area contributed by atoms with Crippen LogP contribution in [0.5, 0.6) is 5.75 Å². The largest absolute Gasteiger partial charge is 0.478 e. The molecule has 0 fully saturated rings. The number of ether oxygens (including phenoxy) is 1. The van der Waals surface area contributed by atoms with E-state index in [9.17, 15) is 0 Å². The van der Waals surface area contributed by atoms with Gasteiger partial charge in [-0.2, -0.15) is 0 Å². The van der Waals surface area contributed by atoms with Crippen LogP contribution in [0.15, 0.2) is 35.9 Å². The fourth-order valence-corrected chi connectivity index (χ4v) is 2.65. The van der Waals surface area contributed by atoms with E-state index in [1.54, 1.807) is 10.7 Å². The molecule has 0 aliphatic rings. The second kappa shape index (κ2) is 6.18. The Balaban J connectivity index is 2.15. The van der Waals surface area contributed by atoms with Gasteiger partial charge in [0.15, 0.2) is 0 Å². The molecular weight excluding hydrogens is 316 g/mol. The van der Waals surface area contributed by atoms with Crippen LogP contribution in [-0.2, 0) is 0 Å². The van der Waals surface area contributed by atoms with Crippen LogP contribution in [0.4, 0.5) is 0 Å². The summed E-state index contributed by atoms with van der Waals surface area (Å²) >= 11 is 8.96. The Labute approximate surface area is 139 Å². The molecule has 0 spiro atoms. The molecule has 22 heavy (non-hydrogen) atoms. The monoisotopic (exact) mass is 332 g/mol. The number of imidazole rings is 1. The normalized spacial score (nSPS) is 12.5. The van der Waals surface area contributed by atoms with Crippen LogP contribution in [0, 0.1) is 6.92 Å². The van der Waals surface area contributed by atoms with Crippen LogP contribution in [0.25, 0.3) is 17.0 Å². The molecule has 1 unspecified atom stereocenters. The fraction of sp³-hybridized carbons (Fsp3) is 0.267. The number of nitrogens with zero attached hydrogens (tertiary/aromatic N) is 4. The average Bonchev–Trinajstić information content (AvgIpc) is 2.93. The van der Waals surface area contributed by atoms with Crippen molar-refractivity contribution in [2.45, 2.75) is 30.6 Å². The summed E-state index contributed by atoms with van der Waals surface area (Å²) in [6.07, 6.45) is 5.82. The third kappa shape index (κ3) is 2.91. The lowest BCUT2D eigenvalue weighted by Crippen LogP contribution is -2.08. The van der Waals surface area contributed by atoms with Crippen LogP contribution in [0.1, 0.15) is 18.9 Å². The van der Waals surface area contributed by atoms with E-state index < -0.39 is 0 Å². The van der Waals surface area contributed by atoms with E-state index in [0.717, 1.165) is 28.1 Å². The number of aromatic nitrogens is 4. The van der Waals surface area contributed by atoms with Crippen molar-refractivity contribution in [1.29, 1.82) is 0 Å². The molecule has 0 N–H and O–H groups in total. The first-order valence-electron chi connectivity index (χ1n) is 6.92. The number of benzene rings is 1. The van der Waals surface area contributed by atoms with Gasteiger partial charge in [-0.25, -0.2) is 15.0 Å². The maximum Gasteiger partial charge on any atom is 0.237 e. The van der Waals surface area contributed by atoms with Gasteiger partial charge < -0.3 is 4.74 Å². The van der Waals surface area contributed by atoms with E-state index in [1.807, 2.05) is 32.2 Å². The zero-order valence-corrected chi connectivity index (χ0v) is 14.1. The Morgan fingerprint density at radius 2 is 2.18 bits per heavy atom. The number of hydrogen-bond acceptors (Lipinski definition) is 6. The summed E-state index contributed by atoms with van der Waals surface area (Å²) in [6, 6.07) is 3.99. The van der Waals surface area contributed by atoms with Gasteiger partial charge in [0, 0.05) is 16.7 Å². The van der Waals surface area contributed by atoms with Gasteiger partial charge in [-0.15, -0.1) is 25.3 Å². The molecule has 114 valence electrons. The molecule has 3 rings (SSSR count). The Morgan fingerprint density at radius 3 is 2.91 bits per heavy atom. The second-order valence-corrected chi connectivity index (χ2v) is 6.04. The fourth-order valence-electron chi connectivity index (χ4n) is 2.17. The summed E-state index contributed by atoms with van der Waals surface area (Å²) in [7, 11) is 0. The summed E-state index contributed by atoms with van der Waals surface area (Å²) in [5.41, 5.74) is 2.54. The highest BCUT2D eigenvalue weighted by Gasteiger charge is 2.16. The number of rotatable bonds is 4. The average molecular weight is 332 g/mol. The third-order valence-electron chi connectivity index (χ3n) is 3.24. The number of thiol groups is 2. The highest BCUT2D eigenvalue weighted by Crippen LogP contribution is 2.37. The van der Waals surface area contributed by atoms with Gasteiger partial charge in [0.25, 0.3) is 0 Å². The van der Waals surface area contributed by atoms with E-state index >= 15 is 0 Å². The maximum atomic E-state index is 5.93. The van der Waals surface area contributed by atoms with Crippen molar-refractivity contribution in [3.63, 3.8) is 0 Å². The van der Waals surface area contributed by atoms with E-state index in [2.05, 4.69) is 40.2 Å². The third-order valence-corrected chi connectivity index (χ3v) is 4.04. The summed E-state index contributed by atoms with van der Waals surface area (Å²) < 4.78 is 7.71. The Kier molecular flexibility index (Phi) is 4.26. The molecule has 0 aliphatic carbocycles. The molecule has 0 saturated carbocycles. The summed E-state index contributed by atoms with van der Waals surface area (Å²) in [5.74, 6) is 1.28. The maximum absolute atomic E-state index is 5.93. The van der Waals surface area contributed by atoms with Crippen molar-refractivity contribution >= 4 is 31.0 Å². The van der Waals surface area contributed by atoms with Crippen LogP contribution >= 0.6 is 25.3 Å². The first-order chi connectivity index (χ1) is 10.6. The molecule has 2 heterocycles. The number of fused-ring (bicyclic) bond motifs is 1. The van der Waals surface area contributed by atoms with Crippen molar-refractivity contribution in [2.75, 3.05) is 0 Å². The Morgan fingerprint density at radius 1 is 1.36 bits per heavy atom. The van der Waals surface area contributed by atoms with Crippen LogP contribution < -0.4 is 4.74 Å². The standard InChI is InChI=1S/C15H16N4OS2/c1-3-13(22)20-14-10(4-9(2)5-12(14)21)11-6-19-8-16-7-17-15(19)18-11/h4-8,13,21-22H,3H2,1-2H3. The molecule has 2 aromatic heterocycles. The Hall–Kier alpha value is -1.73. The first kappa shape index (κ1) is 15.2. The lowest BCUT2D eigenvalue weighted by atomic mass is 10.1. The van der Waals surface area contributed by atoms with Crippen molar-refractivity contribution in [3.8, 4) is 17.0 Å². The molecule has 0 aliphatic heterocycles. The highest BCUT2D eigenvalue weighted by atomic mass is 32.1.